The van der Waals surface area contributed by atoms with Gasteiger partial charge in [0, 0.05) is 30.7 Å². The highest BCUT2D eigenvalue weighted by atomic mass is 32.1. The number of thiazole rings is 1. The van der Waals surface area contributed by atoms with Crippen molar-refractivity contribution < 1.29 is 4.79 Å². The summed E-state index contributed by atoms with van der Waals surface area (Å²) >= 11 is 1.53. The van der Waals surface area contributed by atoms with Crippen LogP contribution in [0.5, 0.6) is 0 Å². The lowest BCUT2D eigenvalue weighted by Crippen LogP contribution is -2.37. The molecule has 1 amide bonds. The normalized spacial score (nSPS) is 18.5. The highest BCUT2D eigenvalue weighted by molar-refractivity contribution is 7.13. The van der Waals surface area contributed by atoms with Crippen molar-refractivity contribution in [2.75, 3.05) is 19.6 Å². The fourth-order valence-corrected chi connectivity index (χ4v) is 3.47. The molecule has 1 N–H and O–H groups in total. The van der Waals surface area contributed by atoms with Crippen molar-refractivity contribution in [3.63, 3.8) is 0 Å². The standard InChI is InChI=1S/C16H20N4OS/c1-2-20-8-6-12(10-20)18-15(21)9-13-11-22-16(19-13)14-5-3-4-7-17-14/h3-5,7,11-12H,2,6,8-10H2,1H3,(H,18,21)/t12-/m0/s1. The van der Waals surface area contributed by atoms with Crippen molar-refractivity contribution in [3.05, 3.63) is 35.5 Å². The van der Waals surface area contributed by atoms with Crippen molar-refractivity contribution in [2.45, 2.75) is 25.8 Å². The molecule has 1 fully saturated rings. The lowest BCUT2D eigenvalue weighted by atomic mass is 10.2. The van der Waals surface area contributed by atoms with Crippen molar-refractivity contribution in [1.29, 1.82) is 0 Å². The Hall–Kier alpha value is -1.79. The van der Waals surface area contributed by atoms with Crippen LogP contribution in [0.1, 0.15) is 19.0 Å². The van der Waals surface area contributed by atoms with Gasteiger partial charge in [0.2, 0.25) is 5.91 Å². The molecule has 1 saturated heterocycles. The molecule has 2 aromatic rings. The van der Waals surface area contributed by atoms with Crippen LogP contribution in [0.2, 0.25) is 0 Å². The second-order valence-electron chi connectivity index (χ2n) is 5.48. The second-order valence-corrected chi connectivity index (χ2v) is 6.34. The maximum atomic E-state index is 12.1. The number of hydrogen-bond acceptors (Lipinski definition) is 5. The maximum Gasteiger partial charge on any atom is 0.226 e. The highest BCUT2D eigenvalue weighted by Gasteiger charge is 2.22. The third kappa shape index (κ3) is 3.69. The fraction of sp³-hybridized carbons (Fsp3) is 0.438. The van der Waals surface area contributed by atoms with Gasteiger partial charge in [-0.3, -0.25) is 9.78 Å². The van der Waals surface area contributed by atoms with E-state index >= 15 is 0 Å². The van der Waals surface area contributed by atoms with E-state index in [4.69, 9.17) is 0 Å². The summed E-state index contributed by atoms with van der Waals surface area (Å²) < 4.78 is 0. The molecule has 0 aromatic carbocycles. The van der Waals surface area contributed by atoms with Crippen molar-refractivity contribution in [3.8, 4) is 10.7 Å². The second kappa shape index (κ2) is 6.98. The first-order valence-corrected chi connectivity index (χ1v) is 8.50. The Bertz CT molecular complexity index is 628. The van der Waals surface area contributed by atoms with Crippen LogP contribution in [0.3, 0.4) is 0 Å². The number of rotatable bonds is 5. The fourth-order valence-electron chi connectivity index (χ4n) is 2.68. The van der Waals surface area contributed by atoms with Crippen LogP contribution in [0.25, 0.3) is 10.7 Å². The molecule has 116 valence electrons. The zero-order valence-electron chi connectivity index (χ0n) is 12.7. The molecule has 0 saturated carbocycles. The zero-order valence-corrected chi connectivity index (χ0v) is 13.5. The Morgan fingerprint density at radius 3 is 3.14 bits per heavy atom. The van der Waals surface area contributed by atoms with Crippen LogP contribution >= 0.6 is 11.3 Å². The minimum absolute atomic E-state index is 0.0563. The topological polar surface area (TPSA) is 58.1 Å². The minimum atomic E-state index is 0.0563. The van der Waals surface area contributed by atoms with Crippen molar-refractivity contribution >= 4 is 17.2 Å². The Kier molecular flexibility index (Phi) is 4.80. The zero-order chi connectivity index (χ0) is 15.4. The molecule has 0 unspecified atom stereocenters. The number of likely N-dealkylation sites (N-methyl/N-ethyl adjacent to an activating group) is 1. The Morgan fingerprint density at radius 1 is 1.50 bits per heavy atom. The summed E-state index contributed by atoms with van der Waals surface area (Å²) in [6, 6.07) is 6.03. The molecule has 0 spiro atoms. The summed E-state index contributed by atoms with van der Waals surface area (Å²) in [5, 5.41) is 5.91. The number of nitrogens with zero attached hydrogens (tertiary/aromatic N) is 3. The van der Waals surface area contributed by atoms with Crippen molar-refractivity contribution in [1.82, 2.24) is 20.2 Å². The molecular formula is C16H20N4OS. The van der Waals surface area contributed by atoms with Crippen LogP contribution in [0.4, 0.5) is 0 Å². The Labute approximate surface area is 134 Å². The van der Waals surface area contributed by atoms with Gasteiger partial charge in [-0.05, 0) is 25.1 Å². The van der Waals surface area contributed by atoms with E-state index in [2.05, 4.69) is 27.1 Å². The van der Waals surface area contributed by atoms with E-state index in [9.17, 15) is 4.79 Å². The highest BCUT2D eigenvalue weighted by Crippen LogP contribution is 2.21. The molecule has 3 rings (SSSR count). The number of pyridine rings is 1. The molecule has 3 heterocycles. The Balaban J connectivity index is 1.55. The van der Waals surface area contributed by atoms with E-state index in [0.717, 1.165) is 42.5 Å². The van der Waals surface area contributed by atoms with E-state index in [1.807, 2.05) is 23.6 Å². The van der Waals surface area contributed by atoms with Gasteiger partial charge in [0.25, 0.3) is 0 Å². The number of carbonyl (C=O) groups is 1. The lowest BCUT2D eigenvalue weighted by Gasteiger charge is -2.14. The van der Waals surface area contributed by atoms with E-state index in [0.29, 0.717) is 6.42 Å². The van der Waals surface area contributed by atoms with Gasteiger partial charge in [-0.15, -0.1) is 11.3 Å². The van der Waals surface area contributed by atoms with E-state index < -0.39 is 0 Å². The smallest absolute Gasteiger partial charge is 0.226 e. The first kappa shape index (κ1) is 15.1. The SMILES string of the molecule is CCN1CC[C@H](NC(=O)Cc2csc(-c3ccccn3)n2)C1. The molecule has 5 nitrogen and oxygen atoms in total. The average Bonchev–Trinajstić information content (AvgIpc) is 3.17. The van der Waals surface area contributed by atoms with E-state index in [1.54, 1.807) is 6.20 Å². The quantitative estimate of drug-likeness (QED) is 0.916. The number of aromatic nitrogens is 2. The summed E-state index contributed by atoms with van der Waals surface area (Å²) in [6.07, 6.45) is 3.13. The summed E-state index contributed by atoms with van der Waals surface area (Å²) in [5.74, 6) is 0.0563. The third-order valence-electron chi connectivity index (χ3n) is 3.86. The predicted octanol–water partition coefficient (Wildman–Crippen LogP) is 1.96. The molecule has 6 heteroatoms. The first-order valence-electron chi connectivity index (χ1n) is 7.62. The van der Waals surface area contributed by atoms with Gasteiger partial charge in [-0.2, -0.15) is 0 Å². The average molecular weight is 316 g/mol. The Morgan fingerprint density at radius 2 is 2.41 bits per heavy atom. The molecular weight excluding hydrogens is 296 g/mol. The van der Waals surface area contributed by atoms with Crippen LogP contribution in [-0.2, 0) is 11.2 Å². The molecule has 1 aliphatic heterocycles. The lowest BCUT2D eigenvalue weighted by molar-refractivity contribution is -0.121. The van der Waals surface area contributed by atoms with E-state index in [-0.39, 0.29) is 11.9 Å². The molecule has 2 aromatic heterocycles. The predicted molar refractivity (Wildman–Crippen MR) is 87.7 cm³/mol. The molecule has 22 heavy (non-hydrogen) atoms. The number of amides is 1. The minimum Gasteiger partial charge on any atom is -0.352 e. The molecule has 0 aliphatic carbocycles. The summed E-state index contributed by atoms with van der Waals surface area (Å²) in [7, 11) is 0. The van der Waals surface area contributed by atoms with Gasteiger partial charge in [-0.25, -0.2) is 4.98 Å². The largest absolute Gasteiger partial charge is 0.352 e. The third-order valence-corrected chi connectivity index (χ3v) is 4.78. The number of hydrogen-bond donors (Lipinski definition) is 1. The van der Waals surface area contributed by atoms with Gasteiger partial charge in [0.05, 0.1) is 17.8 Å². The van der Waals surface area contributed by atoms with Crippen LogP contribution in [0, 0.1) is 0 Å². The molecule has 1 atom stereocenters. The van der Waals surface area contributed by atoms with Gasteiger partial charge >= 0.3 is 0 Å². The molecule has 0 bridgehead atoms. The number of likely N-dealkylation sites (tertiary alicyclic amines) is 1. The summed E-state index contributed by atoms with van der Waals surface area (Å²) in [5.41, 5.74) is 1.67. The monoisotopic (exact) mass is 316 g/mol. The van der Waals surface area contributed by atoms with Crippen LogP contribution in [-0.4, -0.2) is 46.5 Å². The first-order chi connectivity index (χ1) is 10.7. The van der Waals surface area contributed by atoms with Gasteiger partial charge < -0.3 is 10.2 Å². The number of carbonyl (C=O) groups excluding carboxylic acids is 1. The van der Waals surface area contributed by atoms with Gasteiger partial charge in [0.15, 0.2) is 0 Å². The summed E-state index contributed by atoms with van der Waals surface area (Å²) in [6.45, 7) is 5.23. The van der Waals surface area contributed by atoms with E-state index in [1.165, 1.54) is 11.3 Å². The van der Waals surface area contributed by atoms with Crippen LogP contribution in [0.15, 0.2) is 29.8 Å². The van der Waals surface area contributed by atoms with Gasteiger partial charge in [-0.1, -0.05) is 13.0 Å². The van der Waals surface area contributed by atoms with Crippen molar-refractivity contribution in [2.24, 2.45) is 0 Å². The van der Waals surface area contributed by atoms with Gasteiger partial charge in [0.1, 0.15) is 5.01 Å². The molecule has 1 aliphatic rings. The number of nitrogens with one attached hydrogen (secondary N) is 1. The van der Waals surface area contributed by atoms with Crippen LogP contribution < -0.4 is 5.32 Å². The maximum absolute atomic E-state index is 12.1. The summed E-state index contributed by atoms with van der Waals surface area (Å²) in [4.78, 5) is 23.3. The molecule has 0 radical (unpaired) electrons.